The van der Waals surface area contributed by atoms with Gasteiger partial charge in [-0.2, -0.15) is 0 Å². The van der Waals surface area contributed by atoms with Crippen molar-refractivity contribution in [3.8, 4) is 0 Å². The molecule has 0 aromatic carbocycles. The first-order valence-corrected chi connectivity index (χ1v) is 5.00. The highest BCUT2D eigenvalue weighted by Gasteiger charge is 2.21. The Bertz CT molecular complexity index is 219. The molecule has 0 N–H and O–H groups in total. The molecule has 1 nitrogen and oxygen atoms in total. The van der Waals surface area contributed by atoms with Crippen molar-refractivity contribution < 1.29 is 0 Å². The van der Waals surface area contributed by atoms with Gasteiger partial charge in [-0.05, 0) is 37.8 Å². The van der Waals surface area contributed by atoms with Gasteiger partial charge in [0.15, 0.2) is 0 Å². The third kappa shape index (κ3) is 1.40. The Morgan fingerprint density at radius 2 is 1.75 bits per heavy atom. The van der Waals surface area contributed by atoms with Gasteiger partial charge in [-0.3, -0.25) is 0 Å². The fourth-order valence-electron chi connectivity index (χ4n) is 2.30. The summed E-state index contributed by atoms with van der Waals surface area (Å²) < 4.78 is 2.34. The van der Waals surface area contributed by atoms with E-state index in [0.717, 1.165) is 5.92 Å². The van der Waals surface area contributed by atoms with Crippen molar-refractivity contribution in [1.29, 1.82) is 0 Å². The maximum Gasteiger partial charge on any atom is 0.0330 e. The Hall–Kier alpha value is -0.720. The summed E-state index contributed by atoms with van der Waals surface area (Å²) >= 11 is 0. The van der Waals surface area contributed by atoms with E-state index in [-0.39, 0.29) is 0 Å². The molecule has 0 amide bonds. The van der Waals surface area contributed by atoms with Crippen LogP contribution in [0.4, 0.5) is 0 Å². The minimum atomic E-state index is 0.711. The second-order valence-corrected chi connectivity index (χ2v) is 3.92. The molecule has 1 heteroatoms. The minimum absolute atomic E-state index is 0.711. The molecule has 1 aliphatic rings. The molecule has 0 saturated heterocycles. The molecule has 1 aromatic heterocycles. The SMILES string of the molecule is CC(C1CCCC1)n1cccc1. The number of rotatable bonds is 2. The lowest BCUT2D eigenvalue weighted by Gasteiger charge is -2.20. The second kappa shape index (κ2) is 3.34. The van der Waals surface area contributed by atoms with E-state index in [9.17, 15) is 0 Å². The van der Waals surface area contributed by atoms with Gasteiger partial charge in [-0.15, -0.1) is 0 Å². The van der Waals surface area contributed by atoms with Crippen molar-refractivity contribution in [2.24, 2.45) is 5.92 Å². The highest BCUT2D eigenvalue weighted by molar-refractivity contribution is 4.94. The molecular formula is C11H17N. The Labute approximate surface area is 74.4 Å². The van der Waals surface area contributed by atoms with Crippen LogP contribution in [0.3, 0.4) is 0 Å². The van der Waals surface area contributed by atoms with E-state index in [1.54, 1.807) is 0 Å². The van der Waals surface area contributed by atoms with Gasteiger partial charge in [-0.1, -0.05) is 12.8 Å². The summed E-state index contributed by atoms with van der Waals surface area (Å²) in [6.45, 7) is 2.34. The van der Waals surface area contributed by atoms with E-state index in [2.05, 4.69) is 36.0 Å². The van der Waals surface area contributed by atoms with Crippen molar-refractivity contribution in [2.75, 3.05) is 0 Å². The van der Waals surface area contributed by atoms with Crippen LogP contribution in [0.15, 0.2) is 24.5 Å². The van der Waals surface area contributed by atoms with E-state index in [0.29, 0.717) is 6.04 Å². The van der Waals surface area contributed by atoms with Crippen LogP contribution >= 0.6 is 0 Å². The Kier molecular flexibility index (Phi) is 2.20. The molecule has 1 atom stereocenters. The van der Waals surface area contributed by atoms with Gasteiger partial charge < -0.3 is 4.57 Å². The molecule has 0 radical (unpaired) electrons. The topological polar surface area (TPSA) is 4.93 Å². The molecule has 1 saturated carbocycles. The van der Waals surface area contributed by atoms with Crippen LogP contribution < -0.4 is 0 Å². The maximum atomic E-state index is 2.34. The van der Waals surface area contributed by atoms with Crippen LogP contribution in [-0.2, 0) is 0 Å². The molecule has 0 spiro atoms. The Morgan fingerprint density at radius 3 is 2.33 bits per heavy atom. The smallest absolute Gasteiger partial charge is 0.0330 e. The summed E-state index contributed by atoms with van der Waals surface area (Å²) in [5.74, 6) is 0.928. The largest absolute Gasteiger partial charge is 0.351 e. The van der Waals surface area contributed by atoms with Gasteiger partial charge in [0.2, 0.25) is 0 Å². The summed E-state index contributed by atoms with van der Waals surface area (Å²) in [5.41, 5.74) is 0. The standard InChI is InChI=1S/C11H17N/c1-10(11-6-2-3-7-11)12-8-4-5-9-12/h4-5,8-11H,2-3,6-7H2,1H3. The van der Waals surface area contributed by atoms with Gasteiger partial charge in [-0.25, -0.2) is 0 Å². The molecule has 1 aliphatic carbocycles. The fourth-order valence-corrected chi connectivity index (χ4v) is 2.30. The van der Waals surface area contributed by atoms with Gasteiger partial charge in [0, 0.05) is 18.4 Å². The van der Waals surface area contributed by atoms with E-state index in [1.165, 1.54) is 25.7 Å². The zero-order valence-corrected chi connectivity index (χ0v) is 7.74. The van der Waals surface area contributed by atoms with Gasteiger partial charge in [0.25, 0.3) is 0 Å². The summed E-state index contributed by atoms with van der Waals surface area (Å²) in [6.07, 6.45) is 10.1. The van der Waals surface area contributed by atoms with Crippen molar-refractivity contribution in [3.05, 3.63) is 24.5 Å². The first kappa shape index (κ1) is 7.90. The number of nitrogens with zero attached hydrogens (tertiary/aromatic N) is 1. The van der Waals surface area contributed by atoms with Crippen molar-refractivity contribution >= 4 is 0 Å². The molecule has 1 heterocycles. The predicted molar refractivity (Wildman–Crippen MR) is 51.1 cm³/mol. The molecule has 1 unspecified atom stereocenters. The number of hydrogen-bond acceptors (Lipinski definition) is 0. The van der Waals surface area contributed by atoms with Crippen LogP contribution in [0.2, 0.25) is 0 Å². The lowest BCUT2D eigenvalue weighted by molar-refractivity contribution is 0.361. The van der Waals surface area contributed by atoms with Gasteiger partial charge in [0.05, 0.1) is 0 Å². The van der Waals surface area contributed by atoms with Crippen molar-refractivity contribution in [1.82, 2.24) is 4.57 Å². The normalized spacial score (nSPS) is 21.4. The molecule has 1 fully saturated rings. The van der Waals surface area contributed by atoms with Gasteiger partial charge >= 0.3 is 0 Å². The fraction of sp³-hybridized carbons (Fsp3) is 0.636. The molecule has 2 rings (SSSR count). The third-order valence-corrected chi connectivity index (χ3v) is 3.18. The van der Waals surface area contributed by atoms with Crippen molar-refractivity contribution in [3.63, 3.8) is 0 Å². The van der Waals surface area contributed by atoms with E-state index in [1.807, 2.05) is 0 Å². The highest BCUT2D eigenvalue weighted by Crippen LogP contribution is 2.33. The van der Waals surface area contributed by atoms with Crippen LogP contribution in [0.1, 0.15) is 38.6 Å². The van der Waals surface area contributed by atoms with Crippen LogP contribution in [0.5, 0.6) is 0 Å². The number of aromatic nitrogens is 1. The molecular weight excluding hydrogens is 146 g/mol. The number of hydrogen-bond donors (Lipinski definition) is 0. The summed E-state index contributed by atoms with van der Waals surface area (Å²) in [6, 6.07) is 4.94. The maximum absolute atomic E-state index is 2.34. The van der Waals surface area contributed by atoms with Crippen LogP contribution in [0.25, 0.3) is 0 Å². The average Bonchev–Trinajstić information content (AvgIpc) is 2.77. The molecule has 1 aromatic rings. The zero-order valence-electron chi connectivity index (χ0n) is 7.74. The quantitative estimate of drug-likeness (QED) is 0.630. The summed E-state index contributed by atoms with van der Waals surface area (Å²) in [7, 11) is 0. The minimum Gasteiger partial charge on any atom is -0.351 e. The molecule has 66 valence electrons. The molecule has 12 heavy (non-hydrogen) atoms. The first-order chi connectivity index (χ1) is 5.88. The Morgan fingerprint density at radius 1 is 1.17 bits per heavy atom. The van der Waals surface area contributed by atoms with Crippen molar-refractivity contribution in [2.45, 2.75) is 38.6 Å². The van der Waals surface area contributed by atoms with Gasteiger partial charge in [0.1, 0.15) is 0 Å². The summed E-state index contributed by atoms with van der Waals surface area (Å²) in [4.78, 5) is 0. The van der Waals surface area contributed by atoms with Crippen LogP contribution in [-0.4, -0.2) is 4.57 Å². The molecule has 0 bridgehead atoms. The van der Waals surface area contributed by atoms with E-state index in [4.69, 9.17) is 0 Å². The second-order valence-electron chi connectivity index (χ2n) is 3.92. The first-order valence-electron chi connectivity index (χ1n) is 5.00. The summed E-state index contributed by atoms with van der Waals surface area (Å²) in [5, 5.41) is 0. The van der Waals surface area contributed by atoms with E-state index >= 15 is 0 Å². The van der Waals surface area contributed by atoms with E-state index < -0.39 is 0 Å². The predicted octanol–water partition coefficient (Wildman–Crippen LogP) is 3.24. The zero-order chi connectivity index (χ0) is 8.39. The Balaban J connectivity index is 2.04. The highest BCUT2D eigenvalue weighted by atomic mass is 15.0. The average molecular weight is 163 g/mol. The van der Waals surface area contributed by atoms with Crippen LogP contribution in [0, 0.1) is 5.92 Å². The lowest BCUT2D eigenvalue weighted by atomic mass is 10.00. The third-order valence-electron chi connectivity index (χ3n) is 3.18. The monoisotopic (exact) mass is 163 g/mol. The lowest BCUT2D eigenvalue weighted by Crippen LogP contribution is -2.11. The molecule has 0 aliphatic heterocycles.